The molecule has 6 nitrogen and oxygen atoms in total. The normalized spacial score (nSPS) is 16.2. The molecule has 3 aromatic rings. The van der Waals surface area contributed by atoms with Crippen molar-refractivity contribution in [2.75, 3.05) is 25.5 Å². The molecule has 0 radical (unpaired) electrons. The van der Waals surface area contributed by atoms with Crippen molar-refractivity contribution in [3.8, 4) is 0 Å². The number of fused-ring (bicyclic) bond motifs is 1. The number of hydrogen-bond donors (Lipinski definition) is 1. The first kappa shape index (κ1) is 17.2. The highest BCUT2D eigenvalue weighted by Gasteiger charge is 2.21. The second kappa shape index (κ2) is 7.55. The molecule has 0 aliphatic carbocycles. The van der Waals surface area contributed by atoms with Crippen LogP contribution in [0, 0.1) is 0 Å². The summed E-state index contributed by atoms with van der Waals surface area (Å²) in [6, 6.07) is 10.3. The van der Waals surface area contributed by atoms with Crippen molar-refractivity contribution in [3.63, 3.8) is 0 Å². The van der Waals surface area contributed by atoms with Gasteiger partial charge in [0.2, 0.25) is 5.91 Å². The van der Waals surface area contributed by atoms with E-state index in [2.05, 4.69) is 33.4 Å². The van der Waals surface area contributed by atoms with Gasteiger partial charge in [0, 0.05) is 18.9 Å². The van der Waals surface area contributed by atoms with Crippen LogP contribution in [0.25, 0.3) is 10.2 Å². The Kier molecular flexibility index (Phi) is 4.99. The summed E-state index contributed by atoms with van der Waals surface area (Å²) >= 11 is 1.66. The van der Waals surface area contributed by atoms with Gasteiger partial charge in [-0.2, -0.15) is 5.10 Å². The van der Waals surface area contributed by atoms with Crippen LogP contribution in [-0.4, -0.2) is 45.7 Å². The van der Waals surface area contributed by atoms with Crippen LogP contribution in [0.15, 0.2) is 36.5 Å². The Morgan fingerprint density at radius 3 is 2.88 bits per heavy atom. The average molecular weight is 369 g/mol. The number of carbonyl (C=O) groups is 1. The SMILES string of the molecule is CN1CCC(n2nccc2NC(=O)CCc2nc3ccccc3s2)CC1. The summed E-state index contributed by atoms with van der Waals surface area (Å²) in [4.78, 5) is 19.3. The van der Waals surface area contributed by atoms with Gasteiger partial charge in [-0.05, 0) is 45.1 Å². The van der Waals surface area contributed by atoms with Crippen LogP contribution in [0.1, 0.15) is 30.3 Å². The van der Waals surface area contributed by atoms with E-state index in [-0.39, 0.29) is 5.91 Å². The van der Waals surface area contributed by atoms with Crippen LogP contribution >= 0.6 is 11.3 Å². The molecule has 0 bridgehead atoms. The zero-order valence-electron chi connectivity index (χ0n) is 14.9. The van der Waals surface area contributed by atoms with Crippen LogP contribution in [0.3, 0.4) is 0 Å². The second-order valence-electron chi connectivity index (χ2n) is 6.82. The van der Waals surface area contributed by atoms with Crippen molar-refractivity contribution in [3.05, 3.63) is 41.5 Å². The van der Waals surface area contributed by atoms with Gasteiger partial charge in [-0.15, -0.1) is 11.3 Å². The maximum absolute atomic E-state index is 12.4. The number of para-hydroxylation sites is 1. The molecular weight excluding hydrogens is 346 g/mol. The molecule has 26 heavy (non-hydrogen) atoms. The fourth-order valence-electron chi connectivity index (χ4n) is 3.40. The van der Waals surface area contributed by atoms with E-state index in [4.69, 9.17) is 0 Å². The van der Waals surface area contributed by atoms with Crippen molar-refractivity contribution >= 4 is 33.3 Å². The molecule has 136 valence electrons. The van der Waals surface area contributed by atoms with Crippen LogP contribution < -0.4 is 5.32 Å². The number of thiazole rings is 1. The fraction of sp³-hybridized carbons (Fsp3) is 0.421. The molecule has 2 aromatic heterocycles. The molecule has 1 saturated heterocycles. The quantitative estimate of drug-likeness (QED) is 0.749. The Balaban J connectivity index is 1.36. The summed E-state index contributed by atoms with van der Waals surface area (Å²) in [5, 5.41) is 8.47. The first-order valence-electron chi connectivity index (χ1n) is 9.05. The van der Waals surface area contributed by atoms with Gasteiger partial charge in [0.25, 0.3) is 0 Å². The van der Waals surface area contributed by atoms with Crippen molar-refractivity contribution in [2.24, 2.45) is 0 Å². The monoisotopic (exact) mass is 369 g/mol. The number of benzene rings is 1. The number of carbonyl (C=O) groups excluding carboxylic acids is 1. The van der Waals surface area contributed by atoms with E-state index in [9.17, 15) is 4.79 Å². The average Bonchev–Trinajstić information content (AvgIpc) is 3.27. The Morgan fingerprint density at radius 1 is 1.27 bits per heavy atom. The van der Waals surface area contributed by atoms with E-state index in [0.29, 0.717) is 18.9 Å². The summed E-state index contributed by atoms with van der Waals surface area (Å²) in [7, 11) is 2.14. The Hall–Kier alpha value is -2.25. The lowest BCUT2D eigenvalue weighted by atomic mass is 10.1. The lowest BCUT2D eigenvalue weighted by molar-refractivity contribution is -0.116. The highest BCUT2D eigenvalue weighted by Crippen LogP contribution is 2.25. The number of amides is 1. The summed E-state index contributed by atoms with van der Waals surface area (Å²) in [5.41, 5.74) is 1.01. The molecule has 1 aromatic carbocycles. The first-order chi connectivity index (χ1) is 12.7. The van der Waals surface area contributed by atoms with E-state index >= 15 is 0 Å². The van der Waals surface area contributed by atoms with E-state index in [0.717, 1.165) is 42.3 Å². The lowest BCUT2D eigenvalue weighted by Gasteiger charge is -2.30. The van der Waals surface area contributed by atoms with Crippen molar-refractivity contribution in [2.45, 2.75) is 31.7 Å². The number of anilines is 1. The van der Waals surface area contributed by atoms with Crippen molar-refractivity contribution in [1.29, 1.82) is 0 Å². The van der Waals surface area contributed by atoms with Gasteiger partial charge in [0.05, 0.1) is 27.5 Å². The zero-order chi connectivity index (χ0) is 17.9. The van der Waals surface area contributed by atoms with Crippen LogP contribution in [0.4, 0.5) is 5.82 Å². The largest absolute Gasteiger partial charge is 0.311 e. The van der Waals surface area contributed by atoms with Gasteiger partial charge in [-0.3, -0.25) is 4.79 Å². The number of likely N-dealkylation sites (tertiary alicyclic amines) is 1. The summed E-state index contributed by atoms with van der Waals surface area (Å²) in [6.07, 6.45) is 4.98. The van der Waals surface area contributed by atoms with E-state index in [1.807, 2.05) is 28.9 Å². The Bertz CT molecular complexity index is 861. The Labute approximate surface area is 156 Å². The van der Waals surface area contributed by atoms with Gasteiger partial charge in [-0.1, -0.05) is 12.1 Å². The van der Waals surface area contributed by atoms with Gasteiger partial charge in [-0.25, -0.2) is 9.67 Å². The van der Waals surface area contributed by atoms with Gasteiger partial charge >= 0.3 is 0 Å². The van der Waals surface area contributed by atoms with E-state index in [1.165, 1.54) is 4.70 Å². The van der Waals surface area contributed by atoms with E-state index in [1.54, 1.807) is 17.5 Å². The molecule has 7 heteroatoms. The predicted octanol–water partition coefficient (Wildman–Crippen LogP) is 3.33. The smallest absolute Gasteiger partial charge is 0.225 e. The number of aryl methyl sites for hydroxylation is 1. The van der Waals surface area contributed by atoms with E-state index < -0.39 is 0 Å². The third-order valence-corrected chi connectivity index (χ3v) is 5.97. The molecule has 4 rings (SSSR count). The minimum Gasteiger partial charge on any atom is -0.311 e. The van der Waals surface area contributed by atoms with Crippen LogP contribution in [-0.2, 0) is 11.2 Å². The fourth-order valence-corrected chi connectivity index (χ4v) is 4.36. The molecule has 0 unspecified atom stereocenters. The molecule has 1 aliphatic heterocycles. The number of aromatic nitrogens is 3. The van der Waals surface area contributed by atoms with Gasteiger partial charge in [0.1, 0.15) is 5.82 Å². The van der Waals surface area contributed by atoms with Crippen LogP contribution in [0.5, 0.6) is 0 Å². The molecule has 1 amide bonds. The number of hydrogen-bond acceptors (Lipinski definition) is 5. The second-order valence-corrected chi connectivity index (χ2v) is 7.93. The molecule has 0 atom stereocenters. The summed E-state index contributed by atoms with van der Waals surface area (Å²) < 4.78 is 3.14. The lowest BCUT2D eigenvalue weighted by Crippen LogP contribution is -2.32. The predicted molar refractivity (Wildman–Crippen MR) is 105 cm³/mol. The first-order valence-corrected chi connectivity index (χ1v) is 9.87. The minimum atomic E-state index is 0.0129. The molecule has 0 spiro atoms. The summed E-state index contributed by atoms with van der Waals surface area (Å²) in [5.74, 6) is 0.813. The van der Waals surface area contributed by atoms with Gasteiger partial charge in [0.15, 0.2) is 0 Å². The number of nitrogens with zero attached hydrogens (tertiary/aromatic N) is 4. The number of nitrogens with one attached hydrogen (secondary N) is 1. The topological polar surface area (TPSA) is 63.1 Å². The summed E-state index contributed by atoms with van der Waals surface area (Å²) in [6.45, 7) is 2.13. The molecule has 1 N–H and O–H groups in total. The molecule has 0 saturated carbocycles. The third-order valence-electron chi connectivity index (χ3n) is 4.88. The molecular formula is C19H23N5OS. The maximum Gasteiger partial charge on any atom is 0.225 e. The zero-order valence-corrected chi connectivity index (χ0v) is 15.7. The molecule has 1 fully saturated rings. The minimum absolute atomic E-state index is 0.0129. The number of rotatable bonds is 5. The highest BCUT2D eigenvalue weighted by molar-refractivity contribution is 7.18. The van der Waals surface area contributed by atoms with Crippen molar-refractivity contribution in [1.82, 2.24) is 19.7 Å². The van der Waals surface area contributed by atoms with Gasteiger partial charge < -0.3 is 10.2 Å². The highest BCUT2D eigenvalue weighted by atomic mass is 32.1. The van der Waals surface area contributed by atoms with Crippen molar-refractivity contribution < 1.29 is 4.79 Å². The molecule has 3 heterocycles. The standard InChI is InChI=1S/C19H23N5OS/c1-23-12-9-14(10-13-23)24-17(8-11-20-24)22-18(25)6-7-19-21-15-4-2-3-5-16(15)26-19/h2-5,8,11,14H,6-7,9-10,12-13H2,1H3,(H,22,25). The van der Waals surface area contributed by atoms with Crippen LogP contribution in [0.2, 0.25) is 0 Å². The number of piperidine rings is 1. The molecule has 1 aliphatic rings. The Morgan fingerprint density at radius 2 is 2.08 bits per heavy atom. The third kappa shape index (κ3) is 3.78. The maximum atomic E-state index is 12.4.